The molecule has 0 aromatic heterocycles. The summed E-state index contributed by atoms with van der Waals surface area (Å²) in [5.41, 5.74) is 7.86. The Bertz CT molecular complexity index is 1850. The third-order valence-electron chi connectivity index (χ3n) is 7.29. The third-order valence-corrected chi connectivity index (χ3v) is 7.29. The van der Waals surface area contributed by atoms with Crippen LogP contribution in [0.4, 0.5) is 11.4 Å². The Morgan fingerprint density at radius 1 is 0.646 bits per heavy atom. The summed E-state index contributed by atoms with van der Waals surface area (Å²) in [5, 5.41) is 8.79. The number of benzene rings is 4. The van der Waals surface area contributed by atoms with E-state index in [2.05, 4.69) is 53.5 Å². The normalized spacial score (nSPS) is 10.4. The van der Waals surface area contributed by atoms with Gasteiger partial charge in [0.1, 0.15) is 11.5 Å². The van der Waals surface area contributed by atoms with Gasteiger partial charge in [0.25, 0.3) is 0 Å². The van der Waals surface area contributed by atoms with Crippen LogP contribution in [-0.4, -0.2) is 25.8 Å². The van der Waals surface area contributed by atoms with Gasteiger partial charge in [-0.05, 0) is 149 Å². The quantitative estimate of drug-likeness (QED) is 0.0481. The first-order valence-electron chi connectivity index (χ1n) is 16.3. The Morgan fingerprint density at radius 2 is 1.19 bits per heavy atom. The second kappa shape index (κ2) is 18.5. The molecule has 0 aliphatic heterocycles. The predicted octanol–water partition coefficient (Wildman–Crippen LogP) is 9.98. The summed E-state index contributed by atoms with van der Waals surface area (Å²) in [6.45, 7) is 13.0. The van der Waals surface area contributed by atoms with Crippen molar-refractivity contribution in [2.24, 2.45) is 10.2 Å². The molecule has 0 bridgehead atoms. The number of esters is 1. The maximum absolute atomic E-state index is 11.4. The number of nitrogens with zero attached hydrogens (tertiary/aromatic N) is 2. The molecule has 244 valence electrons. The van der Waals surface area contributed by atoms with Gasteiger partial charge >= 0.3 is 5.97 Å². The van der Waals surface area contributed by atoms with Crippen molar-refractivity contribution in [2.45, 2.75) is 53.4 Å². The highest BCUT2D eigenvalue weighted by Gasteiger charge is 2.03. The summed E-state index contributed by atoms with van der Waals surface area (Å²) in [5.74, 6) is 14.4. The molecule has 6 heteroatoms. The Hall–Kier alpha value is -5.59. The summed E-state index contributed by atoms with van der Waals surface area (Å²) in [6, 6.07) is 27.4. The van der Waals surface area contributed by atoms with Crippen LogP contribution >= 0.6 is 0 Å². The SMILES string of the molecule is C=C(C)C(=O)OCCCCCCOc1ccc(N=Nc2ccc(C#Cc3ccc(C#Cc4ccc(OCC)cc4)c(C)c3)c(C)c2)cc1. The molecule has 6 nitrogen and oxygen atoms in total. The van der Waals surface area contributed by atoms with E-state index in [-0.39, 0.29) is 5.97 Å². The largest absolute Gasteiger partial charge is 0.494 e. The van der Waals surface area contributed by atoms with Gasteiger partial charge in [0.2, 0.25) is 0 Å². The molecule has 48 heavy (non-hydrogen) atoms. The highest BCUT2D eigenvalue weighted by atomic mass is 16.5. The predicted molar refractivity (Wildman–Crippen MR) is 192 cm³/mol. The molecule has 0 atom stereocenters. The van der Waals surface area contributed by atoms with Gasteiger partial charge in [0.15, 0.2) is 0 Å². The highest BCUT2D eigenvalue weighted by molar-refractivity contribution is 5.86. The molecule has 0 amide bonds. The number of rotatable bonds is 13. The van der Waals surface area contributed by atoms with Crippen LogP contribution in [0.25, 0.3) is 0 Å². The lowest BCUT2D eigenvalue weighted by Gasteiger charge is -2.07. The lowest BCUT2D eigenvalue weighted by molar-refractivity contribution is -0.139. The molecular formula is C42H42N2O4. The average molecular weight is 639 g/mol. The van der Waals surface area contributed by atoms with Gasteiger partial charge in [-0.15, -0.1) is 0 Å². The van der Waals surface area contributed by atoms with E-state index in [1.807, 2.05) is 92.7 Å². The number of carbonyl (C=O) groups is 1. The lowest BCUT2D eigenvalue weighted by Crippen LogP contribution is -2.06. The molecule has 0 radical (unpaired) electrons. The van der Waals surface area contributed by atoms with Gasteiger partial charge < -0.3 is 14.2 Å². The summed E-state index contributed by atoms with van der Waals surface area (Å²) >= 11 is 0. The zero-order valence-electron chi connectivity index (χ0n) is 28.3. The Labute approximate surface area is 284 Å². The number of azo groups is 1. The van der Waals surface area contributed by atoms with E-state index in [4.69, 9.17) is 14.2 Å². The van der Waals surface area contributed by atoms with Gasteiger partial charge in [0.05, 0.1) is 31.2 Å². The minimum atomic E-state index is -0.326. The van der Waals surface area contributed by atoms with E-state index >= 15 is 0 Å². The van der Waals surface area contributed by atoms with Crippen LogP contribution in [0, 0.1) is 37.5 Å². The first-order chi connectivity index (χ1) is 23.3. The zero-order valence-corrected chi connectivity index (χ0v) is 28.3. The average Bonchev–Trinajstić information content (AvgIpc) is 3.08. The first kappa shape index (κ1) is 35.3. The van der Waals surface area contributed by atoms with Crippen LogP contribution in [0.2, 0.25) is 0 Å². The topological polar surface area (TPSA) is 69.5 Å². The zero-order chi connectivity index (χ0) is 34.1. The summed E-state index contributed by atoms with van der Waals surface area (Å²) < 4.78 is 16.4. The molecule has 0 saturated carbocycles. The van der Waals surface area contributed by atoms with Crippen LogP contribution in [0.5, 0.6) is 11.5 Å². The number of ether oxygens (including phenoxy) is 3. The molecular weight excluding hydrogens is 596 g/mol. The van der Waals surface area contributed by atoms with Gasteiger partial charge in [-0.3, -0.25) is 0 Å². The first-order valence-corrected chi connectivity index (χ1v) is 16.3. The van der Waals surface area contributed by atoms with Crippen LogP contribution < -0.4 is 9.47 Å². The Balaban J connectivity index is 1.24. The van der Waals surface area contributed by atoms with Gasteiger partial charge in [-0.1, -0.05) is 30.3 Å². The van der Waals surface area contributed by atoms with E-state index in [1.165, 1.54) is 0 Å². The second-order valence-electron chi connectivity index (χ2n) is 11.4. The molecule has 0 spiro atoms. The van der Waals surface area contributed by atoms with Gasteiger partial charge in [-0.25, -0.2) is 4.79 Å². The number of carbonyl (C=O) groups excluding carboxylic acids is 1. The minimum Gasteiger partial charge on any atom is -0.494 e. The Morgan fingerprint density at radius 3 is 1.83 bits per heavy atom. The molecule has 0 aliphatic rings. The maximum atomic E-state index is 11.4. The van der Waals surface area contributed by atoms with Crippen molar-refractivity contribution < 1.29 is 19.0 Å². The molecule has 0 fully saturated rings. The summed E-state index contributed by atoms with van der Waals surface area (Å²) in [4.78, 5) is 11.4. The molecule has 4 aromatic carbocycles. The van der Waals surface area contributed by atoms with Crippen molar-refractivity contribution in [1.82, 2.24) is 0 Å². The van der Waals surface area contributed by atoms with Crippen molar-refractivity contribution in [2.75, 3.05) is 19.8 Å². The fraction of sp³-hybridized carbons (Fsp3) is 0.262. The van der Waals surface area contributed by atoms with Crippen LogP contribution in [0.3, 0.4) is 0 Å². The van der Waals surface area contributed by atoms with Crippen LogP contribution in [0.1, 0.15) is 72.9 Å². The lowest BCUT2D eigenvalue weighted by atomic mass is 10.0. The molecule has 0 aliphatic carbocycles. The summed E-state index contributed by atoms with van der Waals surface area (Å²) in [6.07, 6.45) is 3.76. The summed E-state index contributed by atoms with van der Waals surface area (Å²) in [7, 11) is 0. The van der Waals surface area contributed by atoms with Crippen molar-refractivity contribution in [1.29, 1.82) is 0 Å². The molecule has 0 unspecified atom stereocenters. The van der Waals surface area contributed by atoms with E-state index in [0.29, 0.717) is 25.4 Å². The number of aryl methyl sites for hydroxylation is 2. The maximum Gasteiger partial charge on any atom is 0.333 e. The van der Waals surface area contributed by atoms with E-state index < -0.39 is 0 Å². The fourth-order valence-electron chi connectivity index (χ4n) is 4.57. The number of hydrogen-bond donors (Lipinski definition) is 0. The smallest absolute Gasteiger partial charge is 0.333 e. The van der Waals surface area contributed by atoms with Crippen LogP contribution in [0.15, 0.2) is 107 Å². The van der Waals surface area contributed by atoms with Crippen LogP contribution in [-0.2, 0) is 9.53 Å². The van der Waals surface area contributed by atoms with E-state index in [0.717, 1.165) is 81.9 Å². The third kappa shape index (κ3) is 11.6. The van der Waals surface area contributed by atoms with E-state index in [1.54, 1.807) is 6.92 Å². The van der Waals surface area contributed by atoms with E-state index in [9.17, 15) is 4.79 Å². The molecule has 0 N–H and O–H groups in total. The van der Waals surface area contributed by atoms with Crippen molar-refractivity contribution in [3.63, 3.8) is 0 Å². The van der Waals surface area contributed by atoms with Gasteiger partial charge in [0, 0.05) is 27.8 Å². The monoisotopic (exact) mass is 638 g/mol. The molecule has 0 saturated heterocycles. The molecule has 4 aromatic rings. The standard InChI is InChI=1S/C42H42N2O4/c1-6-46-40-23-14-34(15-24-40)11-16-36-17-12-35(29-32(36)4)13-18-37-19-20-39(30-33(37)5)44-43-38-21-25-41(26-22-38)47-27-9-7-8-10-28-48-42(45)31(2)3/h12,14-15,17,19-26,29-30H,2,6-10,27-28H2,1,3-5H3. The second-order valence-corrected chi connectivity index (χ2v) is 11.4. The number of unbranched alkanes of at least 4 members (excludes halogenated alkanes) is 3. The fourth-order valence-corrected chi connectivity index (χ4v) is 4.57. The molecule has 4 rings (SSSR count). The Kier molecular flexibility index (Phi) is 13.6. The molecule has 0 heterocycles. The van der Waals surface area contributed by atoms with Crippen molar-refractivity contribution >= 4 is 17.3 Å². The highest BCUT2D eigenvalue weighted by Crippen LogP contribution is 2.23. The minimum absolute atomic E-state index is 0.326. The van der Waals surface area contributed by atoms with Crippen molar-refractivity contribution in [3.05, 3.63) is 130 Å². The number of hydrogen-bond acceptors (Lipinski definition) is 6. The van der Waals surface area contributed by atoms with Gasteiger partial charge in [-0.2, -0.15) is 10.2 Å². The van der Waals surface area contributed by atoms with Crippen molar-refractivity contribution in [3.8, 4) is 35.2 Å².